The number of rotatable bonds is 2. The minimum atomic E-state index is 0.0370. The van der Waals surface area contributed by atoms with Gasteiger partial charge in [-0.15, -0.1) is 0 Å². The van der Waals surface area contributed by atoms with Gasteiger partial charge in [0.2, 0.25) is 11.8 Å². The molecule has 2 N–H and O–H groups in total. The van der Waals surface area contributed by atoms with Gasteiger partial charge in [-0.2, -0.15) is 0 Å². The van der Waals surface area contributed by atoms with Gasteiger partial charge in [-0.3, -0.25) is 9.59 Å². The third-order valence-corrected chi connectivity index (χ3v) is 5.34. The van der Waals surface area contributed by atoms with Gasteiger partial charge in [0.05, 0.1) is 6.54 Å². The van der Waals surface area contributed by atoms with Crippen LogP contribution in [0.2, 0.25) is 0 Å². The fourth-order valence-electron chi connectivity index (χ4n) is 4.12. The van der Waals surface area contributed by atoms with Gasteiger partial charge < -0.3 is 15.5 Å². The number of nitrogens with one attached hydrogen (secondary N) is 2. The molecule has 21 heavy (non-hydrogen) atoms. The molecule has 0 aromatic carbocycles. The molecule has 1 aliphatic carbocycles. The highest BCUT2D eigenvalue weighted by Gasteiger charge is 2.35. The maximum absolute atomic E-state index is 12.6. The van der Waals surface area contributed by atoms with E-state index < -0.39 is 0 Å². The molecule has 5 nitrogen and oxygen atoms in total. The molecule has 3 rings (SSSR count). The van der Waals surface area contributed by atoms with Gasteiger partial charge in [0.25, 0.3) is 0 Å². The Morgan fingerprint density at radius 3 is 2.38 bits per heavy atom. The van der Waals surface area contributed by atoms with Crippen molar-refractivity contribution >= 4 is 11.8 Å². The molecule has 1 saturated carbocycles. The van der Waals surface area contributed by atoms with E-state index in [1.54, 1.807) is 0 Å². The van der Waals surface area contributed by atoms with Crippen molar-refractivity contribution in [3.8, 4) is 0 Å². The highest BCUT2D eigenvalue weighted by Crippen LogP contribution is 2.29. The summed E-state index contributed by atoms with van der Waals surface area (Å²) in [6.07, 6.45) is 8.52. The quantitative estimate of drug-likeness (QED) is 0.799. The molecule has 0 aromatic heterocycles. The summed E-state index contributed by atoms with van der Waals surface area (Å²) >= 11 is 0. The summed E-state index contributed by atoms with van der Waals surface area (Å²) in [7, 11) is 0. The fourth-order valence-corrected chi connectivity index (χ4v) is 4.12. The number of carbonyl (C=O) groups is 2. The zero-order valence-electron chi connectivity index (χ0n) is 12.8. The van der Waals surface area contributed by atoms with Gasteiger partial charge in [-0.1, -0.05) is 19.3 Å². The molecule has 1 atom stereocenters. The number of hydrogen-bond acceptors (Lipinski definition) is 3. The van der Waals surface area contributed by atoms with Gasteiger partial charge in [0.15, 0.2) is 0 Å². The summed E-state index contributed by atoms with van der Waals surface area (Å²) in [5.74, 6) is 0.713. The largest absolute Gasteiger partial charge is 0.351 e. The second kappa shape index (κ2) is 6.77. The number of piperidine rings is 1. The van der Waals surface area contributed by atoms with E-state index >= 15 is 0 Å². The molecule has 3 fully saturated rings. The second-order valence-electron chi connectivity index (χ2n) is 6.78. The molecule has 5 heteroatoms. The first-order valence-electron chi connectivity index (χ1n) is 8.53. The van der Waals surface area contributed by atoms with Crippen molar-refractivity contribution in [3.05, 3.63) is 0 Å². The third kappa shape index (κ3) is 3.57. The van der Waals surface area contributed by atoms with Crippen LogP contribution in [0.1, 0.15) is 51.4 Å². The van der Waals surface area contributed by atoms with Crippen LogP contribution >= 0.6 is 0 Å². The topological polar surface area (TPSA) is 61.4 Å². The molecular weight excluding hydrogens is 266 g/mol. The van der Waals surface area contributed by atoms with E-state index in [2.05, 4.69) is 10.6 Å². The standard InChI is InChI=1S/C16H27N3O2/c20-15-11-19(13-6-8-17-9-7-13)16(21)10-14(18-15)12-4-2-1-3-5-12/h12-14,17H,1-11H2,(H,18,20)/t14-/m1/s1. The SMILES string of the molecule is O=C1CN(C2CCNCC2)C(=O)C[C@H](C2CCCCC2)N1. The van der Waals surface area contributed by atoms with Crippen LogP contribution in [0.25, 0.3) is 0 Å². The zero-order valence-corrected chi connectivity index (χ0v) is 12.8. The highest BCUT2D eigenvalue weighted by atomic mass is 16.2. The van der Waals surface area contributed by atoms with Crippen molar-refractivity contribution in [1.29, 1.82) is 0 Å². The van der Waals surface area contributed by atoms with E-state index in [4.69, 9.17) is 0 Å². The summed E-state index contributed by atoms with van der Waals surface area (Å²) in [6.45, 7) is 2.15. The Morgan fingerprint density at radius 1 is 0.952 bits per heavy atom. The van der Waals surface area contributed by atoms with Crippen LogP contribution < -0.4 is 10.6 Å². The summed E-state index contributed by atoms with van der Waals surface area (Å²) in [6, 6.07) is 0.312. The van der Waals surface area contributed by atoms with E-state index in [1.165, 1.54) is 19.3 Å². The molecule has 0 bridgehead atoms. The second-order valence-corrected chi connectivity index (χ2v) is 6.78. The van der Waals surface area contributed by atoms with E-state index in [-0.39, 0.29) is 30.4 Å². The van der Waals surface area contributed by atoms with Crippen molar-refractivity contribution in [3.63, 3.8) is 0 Å². The van der Waals surface area contributed by atoms with E-state index in [1.807, 2.05) is 4.90 Å². The molecule has 2 heterocycles. The van der Waals surface area contributed by atoms with Crippen LogP contribution in [0, 0.1) is 5.92 Å². The van der Waals surface area contributed by atoms with Gasteiger partial charge in [0, 0.05) is 18.5 Å². The van der Waals surface area contributed by atoms with Crippen molar-refractivity contribution in [2.45, 2.75) is 63.5 Å². The third-order valence-electron chi connectivity index (χ3n) is 5.34. The summed E-state index contributed by atoms with van der Waals surface area (Å²) in [5.41, 5.74) is 0. The van der Waals surface area contributed by atoms with Crippen LogP contribution in [-0.4, -0.2) is 48.4 Å². The molecule has 2 saturated heterocycles. The average molecular weight is 293 g/mol. The minimum absolute atomic E-state index is 0.0370. The summed E-state index contributed by atoms with van der Waals surface area (Å²) in [4.78, 5) is 26.7. The van der Waals surface area contributed by atoms with Crippen molar-refractivity contribution in [2.24, 2.45) is 5.92 Å². The summed E-state index contributed by atoms with van der Waals surface area (Å²) in [5, 5.41) is 6.45. The van der Waals surface area contributed by atoms with Crippen LogP contribution in [0.5, 0.6) is 0 Å². The van der Waals surface area contributed by atoms with E-state index in [0.29, 0.717) is 12.3 Å². The smallest absolute Gasteiger partial charge is 0.239 e. The predicted octanol–water partition coefficient (Wildman–Crippen LogP) is 1.04. The first kappa shape index (κ1) is 14.8. The Bertz CT molecular complexity index is 387. The molecule has 3 aliphatic rings. The van der Waals surface area contributed by atoms with E-state index in [9.17, 15) is 9.59 Å². The maximum Gasteiger partial charge on any atom is 0.239 e. The molecular formula is C16H27N3O2. The van der Waals surface area contributed by atoms with Crippen molar-refractivity contribution in [2.75, 3.05) is 19.6 Å². The van der Waals surface area contributed by atoms with Crippen molar-refractivity contribution < 1.29 is 9.59 Å². The van der Waals surface area contributed by atoms with Crippen LogP contribution in [0.3, 0.4) is 0 Å². The minimum Gasteiger partial charge on any atom is -0.351 e. The zero-order chi connectivity index (χ0) is 14.7. The first-order chi connectivity index (χ1) is 10.2. The lowest BCUT2D eigenvalue weighted by atomic mass is 9.82. The Labute approximate surface area is 126 Å². The molecule has 0 radical (unpaired) electrons. The van der Waals surface area contributed by atoms with Crippen LogP contribution in [-0.2, 0) is 9.59 Å². The maximum atomic E-state index is 12.6. The molecule has 2 amide bonds. The molecule has 0 spiro atoms. The lowest BCUT2D eigenvalue weighted by molar-refractivity contribution is -0.136. The monoisotopic (exact) mass is 293 g/mol. The fraction of sp³-hybridized carbons (Fsp3) is 0.875. The average Bonchev–Trinajstić information content (AvgIpc) is 2.68. The van der Waals surface area contributed by atoms with E-state index in [0.717, 1.165) is 38.8 Å². The normalized spacial score (nSPS) is 30.1. The first-order valence-corrected chi connectivity index (χ1v) is 8.53. The van der Waals surface area contributed by atoms with Crippen LogP contribution in [0.15, 0.2) is 0 Å². The Morgan fingerprint density at radius 2 is 1.67 bits per heavy atom. The summed E-state index contributed by atoms with van der Waals surface area (Å²) < 4.78 is 0. The number of nitrogens with zero attached hydrogens (tertiary/aromatic N) is 1. The Kier molecular flexibility index (Phi) is 4.78. The number of hydrogen-bond donors (Lipinski definition) is 2. The van der Waals surface area contributed by atoms with Gasteiger partial charge >= 0.3 is 0 Å². The van der Waals surface area contributed by atoms with Gasteiger partial charge in [0.1, 0.15) is 0 Å². The lowest BCUT2D eigenvalue weighted by Gasteiger charge is -2.33. The van der Waals surface area contributed by atoms with Gasteiger partial charge in [-0.25, -0.2) is 0 Å². The number of amides is 2. The molecule has 0 aromatic rings. The molecule has 2 aliphatic heterocycles. The van der Waals surface area contributed by atoms with Crippen LogP contribution in [0.4, 0.5) is 0 Å². The Balaban J connectivity index is 1.66. The molecule has 0 unspecified atom stereocenters. The van der Waals surface area contributed by atoms with Gasteiger partial charge in [-0.05, 0) is 44.7 Å². The van der Waals surface area contributed by atoms with Crippen molar-refractivity contribution in [1.82, 2.24) is 15.5 Å². The molecule has 118 valence electrons. The lowest BCUT2D eigenvalue weighted by Crippen LogP contribution is -2.47. The highest BCUT2D eigenvalue weighted by molar-refractivity contribution is 5.88. The predicted molar refractivity (Wildman–Crippen MR) is 80.7 cm³/mol. The number of carbonyl (C=O) groups excluding carboxylic acids is 2. The Hall–Kier alpha value is -1.10.